The lowest BCUT2D eigenvalue weighted by molar-refractivity contribution is 0.313. The van der Waals surface area contributed by atoms with E-state index < -0.39 is 0 Å². The highest BCUT2D eigenvalue weighted by molar-refractivity contribution is 5.48. The fourth-order valence-corrected chi connectivity index (χ4v) is 1.98. The third-order valence-electron chi connectivity index (χ3n) is 3.04. The van der Waals surface area contributed by atoms with Crippen molar-refractivity contribution in [3.63, 3.8) is 0 Å². The number of anilines is 1. The van der Waals surface area contributed by atoms with Crippen LogP contribution in [-0.4, -0.2) is 12.6 Å². The van der Waals surface area contributed by atoms with Gasteiger partial charge in [-0.05, 0) is 31.4 Å². The van der Waals surface area contributed by atoms with E-state index in [1.165, 1.54) is 12.8 Å². The van der Waals surface area contributed by atoms with Crippen LogP contribution in [0.1, 0.15) is 46.0 Å². The van der Waals surface area contributed by atoms with Crippen LogP contribution in [0, 0.1) is 11.3 Å². The Labute approximate surface area is 116 Å². The fourth-order valence-electron chi connectivity index (χ4n) is 1.98. The number of nitriles is 1. The summed E-state index contributed by atoms with van der Waals surface area (Å²) >= 11 is 0. The van der Waals surface area contributed by atoms with Gasteiger partial charge in [0.2, 0.25) is 0 Å². The van der Waals surface area contributed by atoms with Gasteiger partial charge in [0.1, 0.15) is 5.75 Å². The maximum Gasteiger partial charge on any atom is 0.121 e. The summed E-state index contributed by atoms with van der Waals surface area (Å²) < 4.78 is 5.63. The number of nitrogens with one attached hydrogen (secondary N) is 1. The lowest BCUT2D eigenvalue weighted by atomic mass is 10.1. The first-order valence-electron chi connectivity index (χ1n) is 7.16. The van der Waals surface area contributed by atoms with Gasteiger partial charge in [0, 0.05) is 24.2 Å². The van der Waals surface area contributed by atoms with Crippen LogP contribution in [0.5, 0.6) is 5.75 Å². The van der Waals surface area contributed by atoms with Gasteiger partial charge in [0.05, 0.1) is 12.7 Å². The normalized spacial score (nSPS) is 11.6. The van der Waals surface area contributed by atoms with Crippen molar-refractivity contribution in [3.8, 4) is 11.8 Å². The second-order valence-corrected chi connectivity index (χ2v) is 4.68. The molecule has 0 aliphatic heterocycles. The smallest absolute Gasteiger partial charge is 0.121 e. The third-order valence-corrected chi connectivity index (χ3v) is 3.04. The van der Waals surface area contributed by atoms with E-state index in [0.717, 1.165) is 24.3 Å². The molecule has 0 spiro atoms. The number of ether oxygens (including phenoxy) is 1. The summed E-state index contributed by atoms with van der Waals surface area (Å²) in [6.45, 7) is 5.01. The highest BCUT2D eigenvalue weighted by Crippen LogP contribution is 2.20. The zero-order chi connectivity index (χ0) is 13.9. The van der Waals surface area contributed by atoms with Gasteiger partial charge in [0.15, 0.2) is 0 Å². The molecule has 0 saturated carbocycles. The van der Waals surface area contributed by atoms with Gasteiger partial charge in [-0.15, -0.1) is 0 Å². The van der Waals surface area contributed by atoms with E-state index in [4.69, 9.17) is 10.00 Å². The maximum atomic E-state index is 8.47. The van der Waals surface area contributed by atoms with Crippen LogP contribution < -0.4 is 10.1 Å². The van der Waals surface area contributed by atoms with Crippen molar-refractivity contribution in [2.45, 2.75) is 52.0 Å². The Morgan fingerprint density at radius 3 is 2.89 bits per heavy atom. The molecule has 0 aliphatic rings. The molecular weight excluding hydrogens is 236 g/mol. The maximum absolute atomic E-state index is 8.47. The summed E-state index contributed by atoms with van der Waals surface area (Å²) in [6, 6.07) is 10.7. The standard InChI is InChI=1S/C16H24N2O/c1-3-8-14(4-2)18-15-9-7-10-16(13-15)19-12-6-5-11-17/h7,9-10,13-14,18H,3-6,8,12H2,1-2H3. The predicted molar refractivity (Wildman–Crippen MR) is 79.4 cm³/mol. The molecule has 104 valence electrons. The van der Waals surface area contributed by atoms with Crippen LogP contribution in [-0.2, 0) is 0 Å². The first-order valence-corrected chi connectivity index (χ1v) is 7.16. The lowest BCUT2D eigenvalue weighted by Gasteiger charge is -2.18. The van der Waals surface area contributed by atoms with Crippen LogP contribution in [0.3, 0.4) is 0 Å². The third kappa shape index (κ3) is 6.15. The Hall–Kier alpha value is -1.69. The minimum atomic E-state index is 0.527. The van der Waals surface area contributed by atoms with E-state index in [2.05, 4.69) is 31.3 Å². The fraction of sp³-hybridized carbons (Fsp3) is 0.562. The second kappa shape index (κ2) is 9.27. The Kier molecular flexibility index (Phi) is 7.50. The first-order chi connectivity index (χ1) is 9.30. The molecule has 3 heteroatoms. The molecule has 1 N–H and O–H groups in total. The molecule has 19 heavy (non-hydrogen) atoms. The lowest BCUT2D eigenvalue weighted by Crippen LogP contribution is -2.17. The van der Waals surface area contributed by atoms with Crippen LogP contribution in [0.25, 0.3) is 0 Å². The highest BCUT2D eigenvalue weighted by atomic mass is 16.5. The number of rotatable bonds is 9. The average Bonchev–Trinajstić information content (AvgIpc) is 2.43. The molecule has 1 aromatic carbocycles. The summed E-state index contributed by atoms with van der Waals surface area (Å²) in [5, 5.41) is 12.0. The van der Waals surface area contributed by atoms with Crippen molar-refractivity contribution in [1.82, 2.24) is 0 Å². The van der Waals surface area contributed by atoms with Crippen molar-refractivity contribution in [1.29, 1.82) is 5.26 Å². The molecule has 0 radical (unpaired) electrons. The number of benzene rings is 1. The summed E-state index contributed by atoms with van der Waals surface area (Å²) in [4.78, 5) is 0. The van der Waals surface area contributed by atoms with E-state index in [1.807, 2.05) is 18.2 Å². The van der Waals surface area contributed by atoms with E-state index in [0.29, 0.717) is 19.1 Å². The van der Waals surface area contributed by atoms with Gasteiger partial charge in [-0.3, -0.25) is 0 Å². The molecule has 1 atom stereocenters. The van der Waals surface area contributed by atoms with Gasteiger partial charge >= 0.3 is 0 Å². The minimum Gasteiger partial charge on any atom is -0.493 e. The van der Waals surface area contributed by atoms with Crippen LogP contribution >= 0.6 is 0 Å². The number of nitrogens with zero attached hydrogens (tertiary/aromatic N) is 1. The molecule has 1 unspecified atom stereocenters. The number of unbranched alkanes of at least 4 members (excludes halogenated alkanes) is 1. The van der Waals surface area contributed by atoms with Crippen molar-refractivity contribution < 1.29 is 4.74 Å². The zero-order valence-electron chi connectivity index (χ0n) is 12.0. The number of hydrogen-bond acceptors (Lipinski definition) is 3. The Bertz CT molecular complexity index is 398. The van der Waals surface area contributed by atoms with Gasteiger partial charge in [0.25, 0.3) is 0 Å². The minimum absolute atomic E-state index is 0.527. The van der Waals surface area contributed by atoms with Gasteiger partial charge in [-0.2, -0.15) is 5.26 Å². The van der Waals surface area contributed by atoms with E-state index in [1.54, 1.807) is 0 Å². The molecule has 0 aliphatic carbocycles. The highest BCUT2D eigenvalue weighted by Gasteiger charge is 2.05. The Balaban J connectivity index is 2.49. The molecule has 0 aromatic heterocycles. The van der Waals surface area contributed by atoms with E-state index in [-0.39, 0.29) is 0 Å². The van der Waals surface area contributed by atoms with Crippen molar-refractivity contribution in [3.05, 3.63) is 24.3 Å². The van der Waals surface area contributed by atoms with Crippen molar-refractivity contribution >= 4 is 5.69 Å². The quantitative estimate of drug-likeness (QED) is 0.671. The molecule has 0 bridgehead atoms. The SMILES string of the molecule is CCCC(CC)Nc1cccc(OCCCC#N)c1. The van der Waals surface area contributed by atoms with Crippen molar-refractivity contribution in [2.75, 3.05) is 11.9 Å². The van der Waals surface area contributed by atoms with Crippen molar-refractivity contribution in [2.24, 2.45) is 0 Å². The topological polar surface area (TPSA) is 45.0 Å². The molecule has 0 heterocycles. The summed E-state index contributed by atoms with van der Waals surface area (Å²) in [5.74, 6) is 0.870. The van der Waals surface area contributed by atoms with Crippen LogP contribution in [0.2, 0.25) is 0 Å². The van der Waals surface area contributed by atoms with E-state index >= 15 is 0 Å². The molecule has 1 rings (SSSR count). The zero-order valence-corrected chi connectivity index (χ0v) is 12.0. The first kappa shape index (κ1) is 15.4. The summed E-state index contributed by atoms with van der Waals surface area (Å²) in [6.07, 6.45) is 4.83. The second-order valence-electron chi connectivity index (χ2n) is 4.68. The summed E-state index contributed by atoms with van der Waals surface area (Å²) in [7, 11) is 0. The van der Waals surface area contributed by atoms with Gasteiger partial charge < -0.3 is 10.1 Å². The molecular formula is C16H24N2O. The predicted octanol–water partition coefficient (Wildman–Crippen LogP) is 4.36. The largest absolute Gasteiger partial charge is 0.493 e. The molecule has 1 aromatic rings. The monoisotopic (exact) mass is 260 g/mol. The van der Waals surface area contributed by atoms with Gasteiger partial charge in [-0.25, -0.2) is 0 Å². The van der Waals surface area contributed by atoms with E-state index in [9.17, 15) is 0 Å². The van der Waals surface area contributed by atoms with Gasteiger partial charge in [-0.1, -0.05) is 26.3 Å². The average molecular weight is 260 g/mol. The number of hydrogen-bond donors (Lipinski definition) is 1. The summed E-state index contributed by atoms with van der Waals surface area (Å²) in [5.41, 5.74) is 1.11. The molecule has 0 fully saturated rings. The Morgan fingerprint density at radius 2 is 2.21 bits per heavy atom. The van der Waals surface area contributed by atoms with Crippen LogP contribution in [0.4, 0.5) is 5.69 Å². The molecule has 0 saturated heterocycles. The molecule has 0 amide bonds. The molecule has 3 nitrogen and oxygen atoms in total. The van der Waals surface area contributed by atoms with Crippen LogP contribution in [0.15, 0.2) is 24.3 Å². The Morgan fingerprint density at radius 1 is 1.37 bits per heavy atom.